The summed E-state index contributed by atoms with van der Waals surface area (Å²) in [5, 5.41) is 1.30. The Morgan fingerprint density at radius 3 is 2.53 bits per heavy atom. The molecule has 0 spiro atoms. The smallest absolute Gasteiger partial charge is 0.253 e. The molecule has 1 aromatic heterocycles. The number of nitrogens with zero attached hydrogens (tertiary/aromatic N) is 3. The summed E-state index contributed by atoms with van der Waals surface area (Å²) in [6.45, 7) is 9.04. The van der Waals surface area contributed by atoms with Crippen molar-refractivity contribution in [3.05, 3.63) is 71.4 Å². The van der Waals surface area contributed by atoms with E-state index in [4.69, 9.17) is 0 Å². The van der Waals surface area contributed by atoms with Gasteiger partial charge >= 0.3 is 0 Å². The van der Waals surface area contributed by atoms with Crippen LogP contribution in [-0.4, -0.2) is 53.0 Å². The minimum Gasteiger partial charge on any atom is -0.350 e. The third-order valence-corrected chi connectivity index (χ3v) is 6.51. The van der Waals surface area contributed by atoms with Crippen molar-refractivity contribution in [2.24, 2.45) is 7.05 Å². The number of benzene rings is 2. The molecule has 32 heavy (non-hydrogen) atoms. The van der Waals surface area contributed by atoms with Crippen molar-refractivity contribution in [2.75, 3.05) is 26.7 Å². The number of carbonyl (C=O) groups excluding carboxylic acids is 1. The average Bonchev–Trinajstić information content (AvgIpc) is 3.45. The zero-order valence-corrected chi connectivity index (χ0v) is 20.5. The Labute approximate surface area is 193 Å². The second-order valence-electron chi connectivity index (χ2n) is 8.68. The first-order valence-electron chi connectivity index (χ1n) is 12.2. The minimum absolute atomic E-state index is 0.165. The molecule has 1 aliphatic rings. The van der Waals surface area contributed by atoms with Crippen molar-refractivity contribution < 1.29 is 4.79 Å². The third kappa shape index (κ3) is 5.42. The van der Waals surface area contributed by atoms with E-state index in [1.807, 2.05) is 30.9 Å². The van der Waals surface area contributed by atoms with Gasteiger partial charge in [-0.2, -0.15) is 0 Å². The molecule has 1 atom stereocenters. The van der Waals surface area contributed by atoms with Crippen LogP contribution in [0.15, 0.2) is 54.7 Å². The van der Waals surface area contributed by atoms with Crippen LogP contribution in [0, 0.1) is 0 Å². The predicted octanol–water partition coefficient (Wildman–Crippen LogP) is 5.74. The number of amides is 1. The molecule has 0 bridgehead atoms. The number of fused-ring (bicyclic) bond motifs is 1. The lowest BCUT2D eigenvalue weighted by Gasteiger charge is -2.24. The van der Waals surface area contributed by atoms with Gasteiger partial charge in [0.05, 0.1) is 0 Å². The number of hydrogen-bond donors (Lipinski definition) is 0. The van der Waals surface area contributed by atoms with Gasteiger partial charge in [-0.15, -0.1) is 0 Å². The Kier molecular flexibility index (Phi) is 8.52. The molecule has 1 aliphatic heterocycles. The molecular formula is C28H39N3O. The molecule has 3 aromatic rings. The van der Waals surface area contributed by atoms with E-state index in [0.717, 1.165) is 38.0 Å². The highest BCUT2D eigenvalue weighted by molar-refractivity contribution is 5.94. The Balaban J connectivity index is 0.00000141. The number of hydrogen-bond acceptors (Lipinski definition) is 2. The fourth-order valence-electron chi connectivity index (χ4n) is 4.61. The molecule has 2 aromatic carbocycles. The van der Waals surface area contributed by atoms with Gasteiger partial charge in [-0.25, -0.2) is 0 Å². The summed E-state index contributed by atoms with van der Waals surface area (Å²) in [6.07, 6.45) is 6.60. The Morgan fingerprint density at radius 2 is 1.81 bits per heavy atom. The van der Waals surface area contributed by atoms with E-state index >= 15 is 0 Å². The van der Waals surface area contributed by atoms with Gasteiger partial charge < -0.3 is 14.4 Å². The summed E-state index contributed by atoms with van der Waals surface area (Å²) >= 11 is 0. The van der Waals surface area contributed by atoms with Crippen LogP contribution in [-0.2, 0) is 13.5 Å². The van der Waals surface area contributed by atoms with Gasteiger partial charge in [-0.05, 0) is 62.2 Å². The highest BCUT2D eigenvalue weighted by Crippen LogP contribution is 2.24. The first kappa shape index (κ1) is 24.1. The first-order chi connectivity index (χ1) is 15.6. The number of carbonyl (C=O) groups is 1. The summed E-state index contributed by atoms with van der Waals surface area (Å²) in [4.78, 5) is 17.4. The lowest BCUT2D eigenvalue weighted by atomic mass is 10.0. The summed E-state index contributed by atoms with van der Waals surface area (Å²) in [6, 6.07) is 17.2. The molecule has 4 nitrogen and oxygen atoms in total. The maximum atomic E-state index is 13.0. The first-order valence-corrected chi connectivity index (χ1v) is 12.2. The fourth-order valence-corrected chi connectivity index (χ4v) is 4.61. The fraction of sp³-hybridized carbons (Fsp3) is 0.464. The quantitative estimate of drug-likeness (QED) is 0.475. The van der Waals surface area contributed by atoms with Gasteiger partial charge in [0.15, 0.2) is 0 Å². The average molecular weight is 434 g/mol. The zero-order chi connectivity index (χ0) is 23.1. The molecular weight excluding hydrogens is 394 g/mol. The summed E-state index contributed by atoms with van der Waals surface area (Å²) in [5.41, 5.74) is 4.62. The molecule has 0 radical (unpaired) electrons. The molecule has 2 heterocycles. The Hall–Kier alpha value is -2.59. The minimum atomic E-state index is 0.165. The van der Waals surface area contributed by atoms with Crippen LogP contribution in [0.25, 0.3) is 10.9 Å². The maximum Gasteiger partial charge on any atom is 0.253 e. The lowest BCUT2D eigenvalue weighted by molar-refractivity contribution is 0.0780. The van der Waals surface area contributed by atoms with Gasteiger partial charge in [0.1, 0.15) is 0 Å². The molecule has 0 saturated carbocycles. The summed E-state index contributed by atoms with van der Waals surface area (Å²) in [5.74, 6) is 0.165. The zero-order valence-electron chi connectivity index (χ0n) is 20.5. The molecule has 0 N–H and O–H groups in total. The standard InChI is InChI=1S/C26H33N3O.C2H6/c1-4-5-15-27(2)23-14-16-29(19-23)26(30)21-12-10-20(11-13-21)17-22-18-28(3)25-9-7-6-8-24(22)25;1-2/h6-13,18,23H,4-5,14-17,19H2,1-3H3;1-2H3. The van der Waals surface area contributed by atoms with Crippen LogP contribution in [0.1, 0.15) is 61.5 Å². The molecule has 1 fully saturated rings. The van der Waals surface area contributed by atoms with Crippen molar-refractivity contribution in [1.29, 1.82) is 0 Å². The van der Waals surface area contributed by atoms with Gasteiger partial charge in [0, 0.05) is 48.8 Å². The van der Waals surface area contributed by atoms with E-state index in [2.05, 4.69) is 73.1 Å². The van der Waals surface area contributed by atoms with Gasteiger partial charge in [0.25, 0.3) is 5.91 Å². The van der Waals surface area contributed by atoms with E-state index in [-0.39, 0.29) is 5.91 Å². The number of likely N-dealkylation sites (tertiary alicyclic amines) is 1. The molecule has 1 amide bonds. The molecule has 0 aliphatic carbocycles. The SMILES string of the molecule is CC.CCCCN(C)C1CCN(C(=O)c2ccc(Cc3cn(C)c4ccccc34)cc2)C1. The van der Waals surface area contributed by atoms with Gasteiger partial charge in [0.2, 0.25) is 0 Å². The molecule has 1 unspecified atom stereocenters. The monoisotopic (exact) mass is 433 g/mol. The second-order valence-corrected chi connectivity index (χ2v) is 8.68. The highest BCUT2D eigenvalue weighted by atomic mass is 16.2. The number of unbranched alkanes of at least 4 members (excludes halogenated alkanes) is 1. The van der Waals surface area contributed by atoms with Crippen LogP contribution in [0.2, 0.25) is 0 Å². The van der Waals surface area contributed by atoms with Crippen molar-refractivity contribution >= 4 is 16.8 Å². The third-order valence-electron chi connectivity index (χ3n) is 6.51. The maximum absolute atomic E-state index is 13.0. The predicted molar refractivity (Wildman–Crippen MR) is 135 cm³/mol. The number of aromatic nitrogens is 1. The van der Waals surface area contributed by atoms with Crippen molar-refractivity contribution in [3.8, 4) is 0 Å². The largest absolute Gasteiger partial charge is 0.350 e. The van der Waals surface area contributed by atoms with Crippen LogP contribution >= 0.6 is 0 Å². The molecule has 4 rings (SSSR count). The summed E-state index contributed by atoms with van der Waals surface area (Å²) < 4.78 is 2.18. The Bertz CT molecular complexity index is 1010. The van der Waals surface area contributed by atoms with E-state index in [9.17, 15) is 4.79 Å². The van der Waals surface area contributed by atoms with E-state index in [1.54, 1.807) is 0 Å². The summed E-state index contributed by atoms with van der Waals surface area (Å²) in [7, 11) is 4.28. The second kappa shape index (κ2) is 11.3. The topological polar surface area (TPSA) is 28.5 Å². The van der Waals surface area contributed by atoms with Gasteiger partial charge in [-0.1, -0.05) is 57.5 Å². The van der Waals surface area contributed by atoms with Crippen molar-refractivity contribution in [3.63, 3.8) is 0 Å². The number of para-hydroxylation sites is 1. The van der Waals surface area contributed by atoms with Crippen LogP contribution in [0.3, 0.4) is 0 Å². The number of aryl methyl sites for hydroxylation is 1. The van der Waals surface area contributed by atoms with Crippen molar-refractivity contribution in [2.45, 2.75) is 52.5 Å². The van der Waals surface area contributed by atoms with E-state index in [0.29, 0.717) is 6.04 Å². The normalized spacial score (nSPS) is 15.8. The Morgan fingerprint density at radius 1 is 1.09 bits per heavy atom. The van der Waals surface area contributed by atoms with E-state index in [1.165, 1.54) is 34.9 Å². The highest BCUT2D eigenvalue weighted by Gasteiger charge is 2.29. The molecule has 4 heteroatoms. The van der Waals surface area contributed by atoms with Crippen molar-refractivity contribution in [1.82, 2.24) is 14.4 Å². The van der Waals surface area contributed by atoms with E-state index < -0.39 is 0 Å². The van der Waals surface area contributed by atoms with Crippen LogP contribution in [0.5, 0.6) is 0 Å². The van der Waals surface area contributed by atoms with Crippen LogP contribution in [0.4, 0.5) is 0 Å². The van der Waals surface area contributed by atoms with Crippen LogP contribution < -0.4 is 0 Å². The van der Waals surface area contributed by atoms with Gasteiger partial charge in [-0.3, -0.25) is 4.79 Å². The number of rotatable bonds is 7. The molecule has 172 valence electrons. The molecule has 1 saturated heterocycles. The lowest BCUT2D eigenvalue weighted by Crippen LogP contribution is -2.37. The number of likely N-dealkylation sites (N-methyl/N-ethyl adjacent to an activating group) is 1.